The van der Waals surface area contributed by atoms with E-state index in [1.165, 1.54) is 0 Å². The van der Waals surface area contributed by atoms with Crippen molar-refractivity contribution in [1.29, 1.82) is 0 Å². The molecule has 0 fully saturated rings. The highest BCUT2D eigenvalue weighted by atomic mass is 16.5. The topological polar surface area (TPSA) is 64.3 Å². The van der Waals surface area contributed by atoms with Crippen LogP contribution in [0.1, 0.15) is 20.3 Å². The Bertz CT molecular complexity index is 146. The largest absolute Gasteiger partial charge is 0.370 e. The minimum atomic E-state index is -0.325. The Morgan fingerprint density at radius 3 is 2.67 bits per heavy atom. The first kappa shape index (κ1) is 11.4. The van der Waals surface area contributed by atoms with Crippen molar-refractivity contribution >= 4 is 5.91 Å². The second-order valence-corrected chi connectivity index (χ2v) is 3.17. The highest BCUT2D eigenvalue weighted by Gasteiger charge is 2.15. The third kappa shape index (κ3) is 5.09. The van der Waals surface area contributed by atoms with Gasteiger partial charge >= 0.3 is 0 Å². The van der Waals surface area contributed by atoms with Crippen LogP contribution in [0.25, 0.3) is 0 Å². The molecule has 1 unspecified atom stereocenters. The first-order valence-corrected chi connectivity index (χ1v) is 4.09. The van der Waals surface area contributed by atoms with Gasteiger partial charge in [-0.2, -0.15) is 0 Å². The van der Waals surface area contributed by atoms with E-state index in [9.17, 15) is 4.79 Å². The molecular weight excluding hydrogens is 156 g/mol. The van der Waals surface area contributed by atoms with Gasteiger partial charge in [-0.25, -0.2) is 0 Å². The fourth-order valence-electron chi connectivity index (χ4n) is 0.551. The molecule has 72 valence electrons. The van der Waals surface area contributed by atoms with Crippen LogP contribution in [0.5, 0.6) is 0 Å². The van der Waals surface area contributed by atoms with E-state index in [-0.39, 0.29) is 18.1 Å². The Hall–Kier alpha value is -0.610. The summed E-state index contributed by atoms with van der Waals surface area (Å²) in [6, 6.07) is 0. The maximum Gasteiger partial charge on any atom is 0.245 e. The monoisotopic (exact) mass is 174 g/mol. The van der Waals surface area contributed by atoms with Crippen molar-refractivity contribution in [3.05, 3.63) is 0 Å². The van der Waals surface area contributed by atoms with Gasteiger partial charge in [-0.15, -0.1) is 0 Å². The predicted octanol–water partition coefficient (Wildman–Crippen LogP) is -0.124. The number of carbonyl (C=O) groups is 1. The summed E-state index contributed by atoms with van der Waals surface area (Å²) < 4.78 is 5.10. The third-order valence-corrected chi connectivity index (χ3v) is 1.75. The fraction of sp³-hybridized carbons (Fsp3) is 0.875. The van der Waals surface area contributed by atoms with Crippen LogP contribution < -0.4 is 11.1 Å². The quantitative estimate of drug-likeness (QED) is 0.610. The number of amides is 1. The van der Waals surface area contributed by atoms with Crippen molar-refractivity contribution in [2.75, 3.05) is 20.3 Å². The van der Waals surface area contributed by atoms with Crippen molar-refractivity contribution in [3.8, 4) is 0 Å². The standard InChI is InChI=1S/C8H18N2O2/c1-4-8(2,9)6-12-5-7(11)10-3/h4-6,9H2,1-3H3,(H,10,11). The summed E-state index contributed by atoms with van der Waals surface area (Å²) in [7, 11) is 1.58. The zero-order valence-corrected chi connectivity index (χ0v) is 8.02. The van der Waals surface area contributed by atoms with E-state index in [0.29, 0.717) is 6.61 Å². The molecule has 0 aromatic carbocycles. The SMILES string of the molecule is CCC(C)(N)COCC(=O)NC. The Kier molecular flexibility index (Phi) is 4.85. The van der Waals surface area contributed by atoms with Gasteiger partial charge in [-0.3, -0.25) is 4.79 Å². The maximum absolute atomic E-state index is 10.7. The Morgan fingerprint density at radius 2 is 2.25 bits per heavy atom. The third-order valence-electron chi connectivity index (χ3n) is 1.75. The number of rotatable bonds is 5. The summed E-state index contributed by atoms with van der Waals surface area (Å²) in [5.74, 6) is -0.123. The van der Waals surface area contributed by atoms with Crippen LogP contribution >= 0.6 is 0 Å². The number of ether oxygens (including phenoxy) is 1. The second-order valence-electron chi connectivity index (χ2n) is 3.17. The van der Waals surface area contributed by atoms with E-state index in [1.807, 2.05) is 13.8 Å². The van der Waals surface area contributed by atoms with Crippen LogP contribution in [0.4, 0.5) is 0 Å². The molecule has 12 heavy (non-hydrogen) atoms. The van der Waals surface area contributed by atoms with Gasteiger partial charge in [0.05, 0.1) is 6.61 Å². The predicted molar refractivity (Wildman–Crippen MR) is 47.8 cm³/mol. The molecule has 0 bridgehead atoms. The Labute approximate surface area is 73.5 Å². The number of hydrogen-bond acceptors (Lipinski definition) is 3. The second kappa shape index (κ2) is 5.11. The van der Waals surface area contributed by atoms with E-state index in [1.54, 1.807) is 7.05 Å². The lowest BCUT2D eigenvalue weighted by Gasteiger charge is -2.21. The molecule has 0 radical (unpaired) electrons. The van der Waals surface area contributed by atoms with Crippen molar-refractivity contribution in [1.82, 2.24) is 5.32 Å². The van der Waals surface area contributed by atoms with Crippen LogP contribution in [0, 0.1) is 0 Å². The molecule has 0 spiro atoms. The lowest BCUT2D eigenvalue weighted by molar-refractivity contribution is -0.125. The summed E-state index contributed by atoms with van der Waals surface area (Å²) >= 11 is 0. The summed E-state index contributed by atoms with van der Waals surface area (Å²) in [6.07, 6.45) is 0.834. The average molecular weight is 174 g/mol. The molecule has 1 atom stereocenters. The van der Waals surface area contributed by atoms with E-state index in [4.69, 9.17) is 10.5 Å². The highest BCUT2D eigenvalue weighted by molar-refractivity contribution is 5.76. The first-order chi connectivity index (χ1) is 5.52. The van der Waals surface area contributed by atoms with E-state index in [0.717, 1.165) is 6.42 Å². The molecule has 0 aromatic rings. The Balaban J connectivity index is 3.49. The molecule has 3 N–H and O–H groups in total. The van der Waals surface area contributed by atoms with Gasteiger partial charge in [0, 0.05) is 12.6 Å². The van der Waals surface area contributed by atoms with Gasteiger partial charge in [-0.05, 0) is 13.3 Å². The van der Waals surface area contributed by atoms with Crippen LogP contribution in [0.3, 0.4) is 0 Å². The molecule has 0 aliphatic heterocycles. The lowest BCUT2D eigenvalue weighted by Crippen LogP contribution is -2.41. The van der Waals surface area contributed by atoms with Crippen molar-refractivity contribution in [2.24, 2.45) is 5.73 Å². The van der Waals surface area contributed by atoms with Crippen LogP contribution in [0.15, 0.2) is 0 Å². The molecule has 0 saturated carbocycles. The first-order valence-electron chi connectivity index (χ1n) is 4.09. The summed E-state index contributed by atoms with van der Waals surface area (Å²) in [6.45, 7) is 4.39. The summed E-state index contributed by atoms with van der Waals surface area (Å²) in [5.41, 5.74) is 5.46. The zero-order valence-electron chi connectivity index (χ0n) is 8.02. The van der Waals surface area contributed by atoms with Crippen LogP contribution in [0.2, 0.25) is 0 Å². The van der Waals surface area contributed by atoms with E-state index in [2.05, 4.69) is 5.32 Å². The van der Waals surface area contributed by atoms with E-state index < -0.39 is 0 Å². The van der Waals surface area contributed by atoms with Crippen molar-refractivity contribution in [3.63, 3.8) is 0 Å². The molecule has 0 aliphatic carbocycles. The number of nitrogens with two attached hydrogens (primary N) is 1. The molecule has 0 saturated heterocycles. The lowest BCUT2D eigenvalue weighted by atomic mass is 10.0. The molecule has 4 nitrogen and oxygen atoms in total. The van der Waals surface area contributed by atoms with Gasteiger partial charge in [0.25, 0.3) is 0 Å². The molecule has 0 aromatic heterocycles. The van der Waals surface area contributed by atoms with Crippen molar-refractivity contribution < 1.29 is 9.53 Å². The van der Waals surface area contributed by atoms with Gasteiger partial charge in [0.2, 0.25) is 5.91 Å². The van der Waals surface area contributed by atoms with Gasteiger partial charge < -0.3 is 15.8 Å². The average Bonchev–Trinajstić information content (AvgIpc) is 2.04. The summed E-state index contributed by atoms with van der Waals surface area (Å²) in [5, 5.41) is 2.46. The molecule has 0 aliphatic rings. The fourth-order valence-corrected chi connectivity index (χ4v) is 0.551. The van der Waals surface area contributed by atoms with Gasteiger partial charge in [0.15, 0.2) is 0 Å². The number of hydrogen-bond donors (Lipinski definition) is 2. The molecule has 0 rings (SSSR count). The molecule has 1 amide bonds. The maximum atomic E-state index is 10.7. The highest BCUT2D eigenvalue weighted by Crippen LogP contribution is 2.04. The van der Waals surface area contributed by atoms with E-state index >= 15 is 0 Å². The molecular formula is C8H18N2O2. The zero-order chi connectivity index (χ0) is 9.61. The molecule has 0 heterocycles. The normalized spacial score (nSPS) is 15.3. The number of carbonyl (C=O) groups excluding carboxylic acids is 1. The summed E-state index contributed by atoms with van der Waals surface area (Å²) in [4.78, 5) is 10.7. The van der Waals surface area contributed by atoms with Crippen LogP contribution in [-0.4, -0.2) is 31.7 Å². The molecule has 4 heteroatoms. The van der Waals surface area contributed by atoms with Gasteiger partial charge in [-0.1, -0.05) is 6.92 Å². The Morgan fingerprint density at radius 1 is 1.67 bits per heavy atom. The van der Waals surface area contributed by atoms with Crippen LogP contribution in [-0.2, 0) is 9.53 Å². The number of nitrogens with one attached hydrogen (secondary N) is 1. The van der Waals surface area contributed by atoms with Crippen molar-refractivity contribution in [2.45, 2.75) is 25.8 Å². The minimum Gasteiger partial charge on any atom is -0.370 e. The van der Waals surface area contributed by atoms with Gasteiger partial charge in [0.1, 0.15) is 6.61 Å². The number of likely N-dealkylation sites (N-methyl/N-ethyl adjacent to an activating group) is 1. The minimum absolute atomic E-state index is 0.0866. The smallest absolute Gasteiger partial charge is 0.245 e.